The first kappa shape index (κ1) is 26.9. The summed E-state index contributed by atoms with van der Waals surface area (Å²) in [4.78, 5) is 24.2. The van der Waals surface area contributed by atoms with E-state index in [9.17, 15) is 19.8 Å². The van der Waals surface area contributed by atoms with E-state index in [-0.39, 0.29) is 23.8 Å². The van der Waals surface area contributed by atoms with E-state index >= 15 is 0 Å². The van der Waals surface area contributed by atoms with Gasteiger partial charge in [-0.1, -0.05) is 44.8 Å². The standard InChI is InChI=1S/C25H40O6S/c1-3-10-24(29)31-22-17-21(27)19(14-15-20(26)18-11-6-4-7-12-18)25(22)32-16-9-5-8-13-23(28)30-2/h14-15,18-21,26-27H,3-13,16-17H2,1-2H3/b15-14+/t19-,20+,21+/m0/s1. The second-order valence-corrected chi connectivity index (χ2v) is 9.95. The minimum absolute atomic E-state index is 0.189. The summed E-state index contributed by atoms with van der Waals surface area (Å²) < 4.78 is 10.3. The number of aliphatic hydroxyl groups excluding tert-OH is 2. The molecule has 0 aromatic rings. The first-order valence-electron chi connectivity index (χ1n) is 12.1. The van der Waals surface area contributed by atoms with E-state index in [1.54, 1.807) is 11.8 Å². The lowest BCUT2D eigenvalue weighted by Gasteiger charge is -2.25. The lowest BCUT2D eigenvalue weighted by Crippen LogP contribution is -2.21. The van der Waals surface area contributed by atoms with Gasteiger partial charge in [-0.2, -0.15) is 0 Å². The van der Waals surface area contributed by atoms with E-state index in [1.807, 2.05) is 19.1 Å². The van der Waals surface area contributed by atoms with Gasteiger partial charge in [0.25, 0.3) is 0 Å². The van der Waals surface area contributed by atoms with Gasteiger partial charge in [0.05, 0.1) is 19.3 Å². The van der Waals surface area contributed by atoms with Crippen LogP contribution in [-0.2, 0) is 19.1 Å². The topological polar surface area (TPSA) is 93.1 Å². The molecule has 32 heavy (non-hydrogen) atoms. The summed E-state index contributed by atoms with van der Waals surface area (Å²) in [6.07, 6.45) is 12.6. The van der Waals surface area contributed by atoms with Crippen molar-refractivity contribution in [3.05, 3.63) is 22.8 Å². The number of aliphatic hydroxyl groups is 2. The van der Waals surface area contributed by atoms with Crippen LogP contribution in [-0.4, -0.2) is 47.2 Å². The molecule has 0 aromatic heterocycles. The largest absolute Gasteiger partial charge is 0.469 e. The first-order valence-corrected chi connectivity index (χ1v) is 13.1. The van der Waals surface area contributed by atoms with Crippen LogP contribution >= 0.6 is 11.8 Å². The number of methoxy groups -OCH3 is 1. The summed E-state index contributed by atoms with van der Waals surface area (Å²) in [5, 5.41) is 21.3. The smallest absolute Gasteiger partial charge is 0.310 e. The second kappa shape index (κ2) is 14.8. The van der Waals surface area contributed by atoms with E-state index in [0.29, 0.717) is 31.4 Å². The Bertz CT molecular complexity index is 653. The van der Waals surface area contributed by atoms with Gasteiger partial charge in [0.15, 0.2) is 0 Å². The van der Waals surface area contributed by atoms with Crippen molar-refractivity contribution in [2.75, 3.05) is 12.9 Å². The molecular weight excluding hydrogens is 428 g/mol. The van der Waals surface area contributed by atoms with Gasteiger partial charge in [0, 0.05) is 30.1 Å². The van der Waals surface area contributed by atoms with Gasteiger partial charge < -0.3 is 19.7 Å². The van der Waals surface area contributed by atoms with Crippen molar-refractivity contribution < 1.29 is 29.3 Å². The fourth-order valence-corrected chi connectivity index (χ4v) is 5.64. The molecule has 2 aliphatic carbocycles. The van der Waals surface area contributed by atoms with E-state index in [0.717, 1.165) is 55.6 Å². The Labute approximate surface area is 196 Å². The zero-order chi connectivity index (χ0) is 23.3. The highest BCUT2D eigenvalue weighted by atomic mass is 32.2. The highest BCUT2D eigenvalue weighted by molar-refractivity contribution is 8.03. The van der Waals surface area contributed by atoms with E-state index in [4.69, 9.17) is 4.74 Å². The summed E-state index contributed by atoms with van der Waals surface area (Å²) in [5.41, 5.74) is 0. The Morgan fingerprint density at radius 2 is 1.88 bits per heavy atom. The number of esters is 2. The predicted molar refractivity (Wildman–Crippen MR) is 127 cm³/mol. The van der Waals surface area contributed by atoms with Gasteiger partial charge >= 0.3 is 11.9 Å². The number of rotatable bonds is 13. The van der Waals surface area contributed by atoms with Crippen LogP contribution < -0.4 is 0 Å². The van der Waals surface area contributed by atoms with Crippen LogP contribution in [0.4, 0.5) is 0 Å². The summed E-state index contributed by atoms with van der Waals surface area (Å²) >= 11 is 1.61. The fourth-order valence-electron chi connectivity index (χ4n) is 4.35. The molecule has 7 heteroatoms. The van der Waals surface area contributed by atoms with Gasteiger partial charge in [-0.25, -0.2) is 0 Å². The normalized spacial score (nSPS) is 23.0. The molecule has 0 unspecified atom stereocenters. The molecule has 0 saturated heterocycles. The average Bonchev–Trinajstić information content (AvgIpc) is 3.08. The number of ether oxygens (including phenoxy) is 2. The molecule has 0 bridgehead atoms. The van der Waals surface area contributed by atoms with Crippen molar-refractivity contribution in [3.63, 3.8) is 0 Å². The zero-order valence-corrected chi connectivity index (χ0v) is 20.4. The zero-order valence-electron chi connectivity index (χ0n) is 19.6. The molecule has 3 atom stereocenters. The molecule has 1 saturated carbocycles. The van der Waals surface area contributed by atoms with Crippen LogP contribution in [0.3, 0.4) is 0 Å². The third-order valence-corrected chi connectivity index (χ3v) is 7.54. The molecule has 2 aliphatic rings. The number of hydrogen-bond acceptors (Lipinski definition) is 7. The van der Waals surface area contributed by atoms with Crippen LogP contribution in [0.25, 0.3) is 0 Å². The lowest BCUT2D eigenvalue weighted by atomic mass is 9.85. The summed E-state index contributed by atoms with van der Waals surface area (Å²) in [5.74, 6) is 0.947. The lowest BCUT2D eigenvalue weighted by molar-refractivity contribution is -0.141. The van der Waals surface area contributed by atoms with Crippen molar-refractivity contribution >= 4 is 23.7 Å². The van der Waals surface area contributed by atoms with Gasteiger partial charge in [-0.15, -0.1) is 11.8 Å². The predicted octanol–water partition coefficient (Wildman–Crippen LogP) is 4.89. The first-order chi connectivity index (χ1) is 15.5. The van der Waals surface area contributed by atoms with Gasteiger partial charge in [0.2, 0.25) is 0 Å². The van der Waals surface area contributed by atoms with E-state index < -0.39 is 12.2 Å². The van der Waals surface area contributed by atoms with Crippen molar-refractivity contribution in [1.29, 1.82) is 0 Å². The Balaban J connectivity index is 1.99. The fraction of sp³-hybridized carbons (Fsp3) is 0.760. The monoisotopic (exact) mass is 468 g/mol. The van der Waals surface area contributed by atoms with Gasteiger partial charge in [-0.05, 0) is 43.8 Å². The van der Waals surface area contributed by atoms with Crippen molar-refractivity contribution in [2.24, 2.45) is 11.8 Å². The molecule has 0 aliphatic heterocycles. The third kappa shape index (κ3) is 8.91. The van der Waals surface area contributed by atoms with Crippen LogP contribution in [0.5, 0.6) is 0 Å². The van der Waals surface area contributed by atoms with Crippen LogP contribution in [0.15, 0.2) is 22.8 Å². The van der Waals surface area contributed by atoms with Gasteiger partial charge in [0.1, 0.15) is 5.76 Å². The Kier molecular flexibility index (Phi) is 12.4. The molecule has 182 valence electrons. The van der Waals surface area contributed by atoms with Gasteiger partial charge in [-0.3, -0.25) is 9.59 Å². The maximum Gasteiger partial charge on any atom is 0.310 e. The molecule has 0 amide bonds. The molecule has 0 spiro atoms. The van der Waals surface area contributed by atoms with Crippen LogP contribution in [0, 0.1) is 11.8 Å². The Hall–Kier alpha value is -1.31. The molecular formula is C25H40O6S. The molecule has 2 N–H and O–H groups in total. The third-order valence-electron chi connectivity index (χ3n) is 6.24. The van der Waals surface area contributed by atoms with Crippen molar-refractivity contribution in [2.45, 2.75) is 96.2 Å². The number of carbonyl (C=O) groups is 2. The molecule has 0 radical (unpaired) electrons. The number of carbonyl (C=O) groups excluding carboxylic acids is 2. The molecule has 0 aromatic carbocycles. The van der Waals surface area contributed by atoms with Crippen LogP contribution in [0.1, 0.15) is 84.0 Å². The quantitative estimate of drug-likeness (QED) is 0.226. The molecule has 2 rings (SSSR count). The minimum atomic E-state index is -0.656. The van der Waals surface area contributed by atoms with Crippen LogP contribution in [0.2, 0.25) is 0 Å². The van der Waals surface area contributed by atoms with Crippen molar-refractivity contribution in [3.8, 4) is 0 Å². The van der Waals surface area contributed by atoms with E-state index in [1.165, 1.54) is 13.5 Å². The van der Waals surface area contributed by atoms with Crippen molar-refractivity contribution in [1.82, 2.24) is 0 Å². The minimum Gasteiger partial charge on any atom is -0.469 e. The number of hydrogen-bond donors (Lipinski definition) is 2. The molecule has 0 heterocycles. The Morgan fingerprint density at radius 1 is 1.12 bits per heavy atom. The maximum absolute atomic E-state index is 12.1. The maximum atomic E-state index is 12.1. The second-order valence-electron chi connectivity index (χ2n) is 8.82. The van der Waals surface area contributed by atoms with E-state index in [2.05, 4.69) is 4.74 Å². The average molecular weight is 469 g/mol. The highest BCUT2D eigenvalue weighted by Gasteiger charge is 2.35. The summed E-state index contributed by atoms with van der Waals surface area (Å²) in [6, 6.07) is 0. The summed E-state index contributed by atoms with van der Waals surface area (Å²) in [7, 11) is 1.40. The number of unbranched alkanes of at least 4 members (excludes halogenated alkanes) is 2. The Morgan fingerprint density at radius 3 is 2.56 bits per heavy atom. The molecule has 6 nitrogen and oxygen atoms in total. The number of thioether (sulfide) groups is 1. The summed E-state index contributed by atoms with van der Waals surface area (Å²) in [6.45, 7) is 1.93. The molecule has 1 fully saturated rings. The SMILES string of the molecule is CCCC(=O)OC1=C(SCCCCCC(=O)OC)[C@@H](/C=C/[C@@H](O)C2CCCCC2)[C@H](O)C1. The highest BCUT2D eigenvalue weighted by Crippen LogP contribution is 2.42.